The van der Waals surface area contributed by atoms with E-state index in [0.717, 1.165) is 30.1 Å². The minimum absolute atomic E-state index is 0.100. The Morgan fingerprint density at radius 2 is 1.89 bits per heavy atom. The highest BCUT2D eigenvalue weighted by Gasteiger charge is 2.17. The Labute approximate surface area is 117 Å². The van der Waals surface area contributed by atoms with E-state index >= 15 is 0 Å². The summed E-state index contributed by atoms with van der Waals surface area (Å²) in [4.78, 5) is 0. The van der Waals surface area contributed by atoms with E-state index in [1.807, 2.05) is 42.5 Å². The molecule has 0 aliphatic carbocycles. The first-order valence-corrected chi connectivity index (χ1v) is 6.84. The highest BCUT2D eigenvalue weighted by Crippen LogP contribution is 2.32. The molecule has 1 aliphatic heterocycles. The number of ether oxygens (including phenoxy) is 2. The Hall–Kier alpha value is -1.51. The molecule has 1 aliphatic rings. The van der Waals surface area contributed by atoms with Gasteiger partial charge in [-0.25, -0.2) is 0 Å². The maximum Gasteiger partial charge on any atom is 0.127 e. The van der Waals surface area contributed by atoms with Gasteiger partial charge < -0.3 is 9.47 Å². The second-order valence-corrected chi connectivity index (χ2v) is 5.10. The lowest BCUT2D eigenvalue weighted by Crippen LogP contribution is -1.99. The summed E-state index contributed by atoms with van der Waals surface area (Å²) in [5, 5.41) is -0.100. The number of halogens is 1. The lowest BCUT2D eigenvalue weighted by Gasteiger charge is -2.12. The fourth-order valence-corrected chi connectivity index (χ4v) is 2.53. The molecule has 1 heterocycles. The first kappa shape index (κ1) is 12.5. The van der Waals surface area contributed by atoms with Crippen LogP contribution in [0.1, 0.15) is 16.5 Å². The Balaban J connectivity index is 1.88. The summed E-state index contributed by atoms with van der Waals surface area (Å²) < 4.78 is 11.3. The monoisotopic (exact) mass is 274 g/mol. The highest BCUT2D eigenvalue weighted by atomic mass is 35.5. The molecule has 0 saturated carbocycles. The molecule has 0 N–H and O–H groups in total. The first-order chi connectivity index (χ1) is 9.33. The third-order valence-electron chi connectivity index (χ3n) is 3.21. The fourth-order valence-electron chi connectivity index (χ4n) is 2.24. The van der Waals surface area contributed by atoms with E-state index in [2.05, 4.69) is 6.07 Å². The van der Waals surface area contributed by atoms with Gasteiger partial charge in [-0.1, -0.05) is 24.3 Å². The Bertz CT molecular complexity index is 554. The first-order valence-electron chi connectivity index (χ1n) is 6.40. The number of fused-ring (bicyclic) bond motifs is 1. The van der Waals surface area contributed by atoms with Crippen LogP contribution in [0.15, 0.2) is 48.5 Å². The molecule has 0 saturated heterocycles. The van der Waals surface area contributed by atoms with E-state index in [-0.39, 0.29) is 5.38 Å². The van der Waals surface area contributed by atoms with Crippen molar-refractivity contribution in [1.29, 1.82) is 0 Å². The zero-order valence-electron chi connectivity index (χ0n) is 10.5. The van der Waals surface area contributed by atoms with Gasteiger partial charge in [0.15, 0.2) is 0 Å². The lowest BCUT2D eigenvalue weighted by atomic mass is 10.0. The van der Waals surface area contributed by atoms with Crippen LogP contribution in [0, 0.1) is 0 Å². The second-order valence-electron chi connectivity index (χ2n) is 4.57. The van der Waals surface area contributed by atoms with Crippen LogP contribution in [0.4, 0.5) is 0 Å². The van der Waals surface area contributed by atoms with Crippen LogP contribution in [0.3, 0.4) is 0 Å². The van der Waals surface area contributed by atoms with Crippen molar-refractivity contribution in [3.8, 4) is 11.5 Å². The summed E-state index contributed by atoms with van der Waals surface area (Å²) in [6, 6.07) is 15.8. The molecule has 2 nitrogen and oxygen atoms in total. The fraction of sp³-hybridized carbons (Fsp3) is 0.250. The van der Waals surface area contributed by atoms with Crippen LogP contribution in [0.25, 0.3) is 0 Å². The summed E-state index contributed by atoms with van der Waals surface area (Å²) in [5.41, 5.74) is 2.37. The molecular formula is C16H15ClO2. The largest absolute Gasteiger partial charge is 0.457 e. The van der Waals surface area contributed by atoms with Crippen molar-refractivity contribution in [2.45, 2.75) is 11.8 Å². The second kappa shape index (κ2) is 5.64. The molecule has 0 fully saturated rings. The standard InChI is InChI=1S/C16H15ClO2/c17-16-11-18-9-8-12-6-7-14(10-15(12)16)19-13-4-2-1-3-5-13/h1-7,10,16H,8-9,11H2. The van der Waals surface area contributed by atoms with Crippen LogP contribution in [0.5, 0.6) is 11.5 Å². The van der Waals surface area contributed by atoms with Crippen molar-refractivity contribution in [2.75, 3.05) is 13.2 Å². The zero-order chi connectivity index (χ0) is 13.1. The Morgan fingerprint density at radius 3 is 2.74 bits per heavy atom. The van der Waals surface area contributed by atoms with Gasteiger partial charge in [-0.05, 0) is 41.8 Å². The van der Waals surface area contributed by atoms with Crippen molar-refractivity contribution >= 4 is 11.6 Å². The molecule has 3 heteroatoms. The highest BCUT2D eigenvalue weighted by molar-refractivity contribution is 6.21. The van der Waals surface area contributed by atoms with Crippen LogP contribution < -0.4 is 4.74 Å². The minimum Gasteiger partial charge on any atom is -0.457 e. The molecule has 98 valence electrons. The molecule has 19 heavy (non-hydrogen) atoms. The van der Waals surface area contributed by atoms with Gasteiger partial charge in [0.25, 0.3) is 0 Å². The SMILES string of the molecule is ClC1COCCc2ccc(Oc3ccccc3)cc21. The van der Waals surface area contributed by atoms with Crippen LogP contribution in [-0.2, 0) is 11.2 Å². The van der Waals surface area contributed by atoms with Gasteiger partial charge in [-0.2, -0.15) is 0 Å². The van der Waals surface area contributed by atoms with Gasteiger partial charge in [0, 0.05) is 0 Å². The summed E-state index contributed by atoms with van der Waals surface area (Å²) in [6.45, 7) is 1.29. The van der Waals surface area contributed by atoms with Crippen molar-refractivity contribution in [3.63, 3.8) is 0 Å². The molecule has 1 unspecified atom stereocenters. The predicted molar refractivity (Wildman–Crippen MR) is 76.1 cm³/mol. The zero-order valence-corrected chi connectivity index (χ0v) is 11.3. The molecular weight excluding hydrogens is 260 g/mol. The van der Waals surface area contributed by atoms with Crippen molar-refractivity contribution < 1.29 is 9.47 Å². The van der Waals surface area contributed by atoms with E-state index in [1.54, 1.807) is 0 Å². The number of alkyl halides is 1. The summed E-state index contributed by atoms with van der Waals surface area (Å²) >= 11 is 6.35. The quantitative estimate of drug-likeness (QED) is 0.759. The van der Waals surface area contributed by atoms with Gasteiger partial charge in [0.05, 0.1) is 18.6 Å². The van der Waals surface area contributed by atoms with Crippen molar-refractivity contribution in [1.82, 2.24) is 0 Å². The van der Waals surface area contributed by atoms with Crippen LogP contribution in [-0.4, -0.2) is 13.2 Å². The normalized spacial score (nSPS) is 18.5. The van der Waals surface area contributed by atoms with E-state index in [9.17, 15) is 0 Å². The maximum absolute atomic E-state index is 6.35. The topological polar surface area (TPSA) is 18.5 Å². The van der Waals surface area contributed by atoms with Gasteiger partial charge >= 0.3 is 0 Å². The molecule has 0 amide bonds. The minimum atomic E-state index is -0.100. The summed E-state index contributed by atoms with van der Waals surface area (Å²) in [6.07, 6.45) is 0.907. The Morgan fingerprint density at radius 1 is 1.05 bits per heavy atom. The van der Waals surface area contributed by atoms with Crippen LogP contribution >= 0.6 is 11.6 Å². The molecule has 2 aromatic carbocycles. The molecule has 0 radical (unpaired) electrons. The van der Waals surface area contributed by atoms with Gasteiger partial charge in [0.2, 0.25) is 0 Å². The van der Waals surface area contributed by atoms with Crippen molar-refractivity contribution in [3.05, 3.63) is 59.7 Å². The van der Waals surface area contributed by atoms with Crippen molar-refractivity contribution in [2.24, 2.45) is 0 Å². The lowest BCUT2D eigenvalue weighted by molar-refractivity contribution is 0.143. The molecule has 2 aromatic rings. The summed E-state index contributed by atoms with van der Waals surface area (Å²) in [7, 11) is 0. The van der Waals surface area contributed by atoms with Gasteiger partial charge in [0.1, 0.15) is 11.5 Å². The molecule has 0 spiro atoms. The third kappa shape index (κ3) is 2.91. The Kier molecular flexibility index (Phi) is 3.72. The number of benzene rings is 2. The average Bonchev–Trinajstić information content (AvgIpc) is 2.62. The van der Waals surface area contributed by atoms with E-state index in [1.165, 1.54) is 5.56 Å². The maximum atomic E-state index is 6.35. The van der Waals surface area contributed by atoms with Gasteiger partial charge in [-0.15, -0.1) is 11.6 Å². The molecule has 1 atom stereocenters. The van der Waals surface area contributed by atoms with E-state index in [0.29, 0.717) is 6.61 Å². The van der Waals surface area contributed by atoms with E-state index < -0.39 is 0 Å². The molecule has 0 aromatic heterocycles. The third-order valence-corrected chi connectivity index (χ3v) is 3.57. The number of rotatable bonds is 2. The molecule has 3 rings (SSSR count). The van der Waals surface area contributed by atoms with Crippen LogP contribution in [0.2, 0.25) is 0 Å². The smallest absolute Gasteiger partial charge is 0.127 e. The number of hydrogen-bond donors (Lipinski definition) is 0. The number of para-hydroxylation sites is 1. The summed E-state index contributed by atoms with van der Waals surface area (Å²) in [5.74, 6) is 1.65. The number of hydrogen-bond acceptors (Lipinski definition) is 2. The van der Waals surface area contributed by atoms with E-state index in [4.69, 9.17) is 21.1 Å². The predicted octanol–water partition coefficient (Wildman–Crippen LogP) is 4.33. The van der Waals surface area contributed by atoms with Gasteiger partial charge in [-0.3, -0.25) is 0 Å². The average molecular weight is 275 g/mol. The molecule has 0 bridgehead atoms.